The first-order chi connectivity index (χ1) is 25.4. The first-order valence-electron chi connectivity index (χ1n) is 15.9. The van der Waals surface area contributed by atoms with Crippen LogP contribution in [0.3, 0.4) is 0 Å². The zero-order valence-electron chi connectivity index (χ0n) is 29.4. The lowest BCUT2D eigenvalue weighted by Crippen LogP contribution is -2.46. The van der Waals surface area contributed by atoms with Gasteiger partial charge in [0, 0.05) is 30.7 Å². The van der Waals surface area contributed by atoms with Crippen LogP contribution in [0.25, 0.3) is 11.2 Å². The number of imidazole rings is 1. The summed E-state index contributed by atoms with van der Waals surface area (Å²) in [7, 11) is -16.4. The number of rotatable bonds is 23. The van der Waals surface area contributed by atoms with Gasteiger partial charge in [-0.2, -0.15) is 16.1 Å². The molecular weight excluding hydrogens is 823 g/mol. The van der Waals surface area contributed by atoms with E-state index < -0.39 is 84.6 Å². The van der Waals surface area contributed by atoms with Crippen LogP contribution >= 0.6 is 35.2 Å². The molecule has 2 amide bonds. The van der Waals surface area contributed by atoms with E-state index >= 15 is 0 Å². The maximum Gasteiger partial charge on any atom is 0.481 e. The second-order valence-corrected chi connectivity index (χ2v) is 17.9. The van der Waals surface area contributed by atoms with Crippen molar-refractivity contribution in [1.82, 2.24) is 30.2 Å². The number of aromatic nitrogens is 4. The Balaban J connectivity index is 1.49. The van der Waals surface area contributed by atoms with Crippen molar-refractivity contribution in [2.45, 2.75) is 64.3 Å². The summed E-state index contributed by atoms with van der Waals surface area (Å²) < 4.78 is 62.0. The van der Waals surface area contributed by atoms with Crippen LogP contribution in [0.15, 0.2) is 12.7 Å². The number of nitrogens with two attached hydrogens (primary N) is 1. The number of fused-ring (bicyclic) bond motifs is 1. The van der Waals surface area contributed by atoms with Gasteiger partial charge in [-0.05, 0) is 6.92 Å². The smallest absolute Gasteiger partial charge is 0.386 e. The van der Waals surface area contributed by atoms with Gasteiger partial charge in [-0.25, -0.2) is 28.6 Å². The third-order valence-corrected chi connectivity index (χ3v) is 11.5. The Labute approximate surface area is 316 Å². The summed E-state index contributed by atoms with van der Waals surface area (Å²) in [6.07, 6.45) is -7.12. The number of Topliss-reactive ketones (excluding diaryl/α,β-unsaturated/α-hetero) is 2. The molecule has 1 saturated heterocycles. The van der Waals surface area contributed by atoms with Gasteiger partial charge in [-0.15, -0.1) is 0 Å². The summed E-state index contributed by atoms with van der Waals surface area (Å²) >= 11 is 1.23. The molecule has 29 heteroatoms. The molecule has 0 aliphatic carbocycles. The second kappa shape index (κ2) is 19.6. The van der Waals surface area contributed by atoms with Gasteiger partial charge >= 0.3 is 23.5 Å². The van der Waals surface area contributed by atoms with Crippen molar-refractivity contribution in [3.8, 4) is 0 Å². The molecule has 25 nitrogen and oxygen atoms in total. The van der Waals surface area contributed by atoms with E-state index in [1.165, 1.54) is 32.5 Å². The van der Waals surface area contributed by atoms with Gasteiger partial charge in [-0.3, -0.25) is 37.3 Å². The fourth-order valence-corrected chi connectivity index (χ4v) is 8.27. The number of aliphatic hydroxyl groups excluding tert-OH is 2. The third-order valence-electron chi connectivity index (χ3n) is 7.36. The van der Waals surface area contributed by atoms with E-state index in [1.54, 1.807) is 0 Å². The number of carbonyl (C=O) groups excluding carboxylic acids is 4. The van der Waals surface area contributed by atoms with E-state index in [4.69, 9.17) is 19.5 Å². The molecule has 2 unspecified atom stereocenters. The molecule has 2 aromatic rings. The zero-order valence-corrected chi connectivity index (χ0v) is 32.9. The molecule has 3 heterocycles. The highest BCUT2D eigenvalue weighted by molar-refractivity contribution is 7.99. The van der Waals surface area contributed by atoms with Crippen LogP contribution in [-0.2, 0) is 55.5 Å². The number of ketones is 2. The maximum absolute atomic E-state index is 12.7. The largest absolute Gasteiger partial charge is 0.481 e. The highest BCUT2D eigenvalue weighted by Gasteiger charge is 2.50. The van der Waals surface area contributed by atoms with Crippen molar-refractivity contribution in [1.29, 1.82) is 0 Å². The minimum absolute atomic E-state index is 0.0255. The fraction of sp³-hybridized carbons (Fsp3) is 0.654. The molecule has 310 valence electrons. The fourth-order valence-electron chi connectivity index (χ4n) is 4.72. The van der Waals surface area contributed by atoms with Crippen LogP contribution in [0.4, 0.5) is 5.82 Å². The van der Waals surface area contributed by atoms with Crippen LogP contribution in [0.2, 0.25) is 0 Å². The number of hydrogen-bond donors (Lipinski definition) is 9. The van der Waals surface area contributed by atoms with Crippen LogP contribution in [0, 0.1) is 5.41 Å². The van der Waals surface area contributed by atoms with Crippen molar-refractivity contribution in [3.63, 3.8) is 0 Å². The molecule has 0 bridgehead atoms. The molecule has 3 rings (SSSR count). The van der Waals surface area contributed by atoms with Crippen LogP contribution in [-0.4, -0.2) is 135 Å². The van der Waals surface area contributed by atoms with Gasteiger partial charge in [0.1, 0.15) is 47.8 Å². The average molecular weight is 866 g/mol. The molecule has 10 N–H and O–H groups in total. The molecule has 1 aliphatic heterocycles. The molecule has 7 atom stereocenters. The Morgan fingerprint density at radius 2 is 1.73 bits per heavy atom. The highest BCUT2D eigenvalue weighted by Crippen LogP contribution is 2.61. The van der Waals surface area contributed by atoms with Gasteiger partial charge in [-0.1, -0.05) is 13.8 Å². The van der Waals surface area contributed by atoms with Crippen molar-refractivity contribution in [2.75, 3.05) is 43.5 Å². The predicted molar refractivity (Wildman–Crippen MR) is 187 cm³/mol. The van der Waals surface area contributed by atoms with Crippen molar-refractivity contribution in [3.05, 3.63) is 12.7 Å². The lowest BCUT2D eigenvalue weighted by Gasteiger charge is -2.30. The monoisotopic (exact) mass is 865 g/mol. The van der Waals surface area contributed by atoms with E-state index in [0.717, 1.165) is 17.2 Å². The van der Waals surface area contributed by atoms with Gasteiger partial charge in [0.25, 0.3) is 0 Å². The van der Waals surface area contributed by atoms with E-state index in [1.807, 2.05) is 0 Å². The third kappa shape index (κ3) is 14.6. The number of amides is 2. The summed E-state index contributed by atoms with van der Waals surface area (Å²) in [6.45, 7) is 1.76. The molecule has 1 fully saturated rings. The average Bonchev–Trinajstić information content (AvgIpc) is 3.62. The Hall–Kier alpha value is -2.77. The minimum atomic E-state index is -5.57. The number of phosphoric ester groups is 3. The topological polar surface area (TPSA) is 381 Å². The number of hydrogen-bond acceptors (Lipinski definition) is 19. The maximum atomic E-state index is 12.7. The van der Waals surface area contributed by atoms with Gasteiger partial charge in [0.15, 0.2) is 17.7 Å². The first kappa shape index (κ1) is 46.6. The standard InChI is InChI=1S/C26H42N7O18P3S/c1-14(34)8-15(35)10-55-7-6-28-17(36)4-5-29-24(39)21(38)26(2,3)11-48-54(45,46)51-53(43,44)47-9-16-20(50-52(40,41)42)19(37)25(49-16)33-13-32-18-22(27)30-12-31-23(18)33/h12-13,16,19-21,25,37-38H,4-11H2,1-3H3,(H,28,36)(H,29,39)(H,43,44)(H,45,46)(H2,27,30,31)(H2,40,41,42)/t16-,19-,20-,21+,25-/m1/s1. The molecular formula is C26H42N7O18P3S. The van der Waals surface area contributed by atoms with Crippen molar-refractivity contribution >= 4 is 75.6 Å². The highest BCUT2D eigenvalue weighted by atomic mass is 32.2. The lowest BCUT2D eigenvalue weighted by atomic mass is 9.87. The molecule has 0 radical (unpaired) electrons. The van der Waals surface area contributed by atoms with Gasteiger partial charge < -0.3 is 50.9 Å². The number of carbonyl (C=O) groups is 4. The number of thioether (sulfide) groups is 1. The normalized spacial score (nSPS) is 21.8. The number of anilines is 1. The number of nitrogen functional groups attached to an aromatic ring is 1. The molecule has 55 heavy (non-hydrogen) atoms. The summed E-state index contributed by atoms with van der Waals surface area (Å²) in [6, 6.07) is 0. The number of aliphatic hydroxyl groups is 2. The van der Waals surface area contributed by atoms with Crippen molar-refractivity contribution in [2.24, 2.45) is 5.41 Å². The SMILES string of the molecule is CC(=O)CC(=O)CSCCNC(=O)CCNC(=O)[C@H](O)C(C)(C)COP(=O)(O)OP(=O)(O)OC[C@H]1O[C@@H](n2cnc3c(N)ncnc32)[C@H](O)[C@@H]1OP(=O)(O)O. The Bertz CT molecular complexity index is 1850. The summed E-state index contributed by atoms with van der Waals surface area (Å²) in [4.78, 5) is 97.8. The van der Waals surface area contributed by atoms with Crippen molar-refractivity contribution < 1.29 is 85.3 Å². The van der Waals surface area contributed by atoms with Crippen LogP contribution < -0.4 is 16.4 Å². The molecule has 0 spiro atoms. The number of nitrogens with one attached hydrogen (secondary N) is 2. The lowest BCUT2D eigenvalue weighted by molar-refractivity contribution is -0.137. The Morgan fingerprint density at radius 1 is 1.05 bits per heavy atom. The van der Waals surface area contributed by atoms with Crippen LogP contribution in [0.1, 0.15) is 39.8 Å². The Kier molecular flexibility index (Phi) is 16.6. The minimum Gasteiger partial charge on any atom is -0.386 e. The predicted octanol–water partition coefficient (Wildman–Crippen LogP) is -1.31. The first-order valence-corrected chi connectivity index (χ1v) is 21.6. The molecule has 2 aromatic heterocycles. The van der Waals surface area contributed by atoms with Gasteiger partial charge in [0.2, 0.25) is 11.8 Å². The molecule has 0 aromatic carbocycles. The van der Waals surface area contributed by atoms with E-state index in [2.05, 4.69) is 34.4 Å². The molecule has 0 saturated carbocycles. The number of ether oxygens (including phenoxy) is 1. The van der Waals surface area contributed by atoms with E-state index in [0.29, 0.717) is 5.75 Å². The number of nitrogens with zero attached hydrogens (tertiary/aromatic N) is 4. The number of phosphoric acid groups is 3. The van der Waals surface area contributed by atoms with Crippen LogP contribution in [0.5, 0.6) is 0 Å². The zero-order chi connectivity index (χ0) is 41.4. The second-order valence-electron chi connectivity index (χ2n) is 12.5. The summed E-state index contributed by atoms with van der Waals surface area (Å²) in [5, 5.41) is 26.3. The Morgan fingerprint density at radius 3 is 2.38 bits per heavy atom. The quantitative estimate of drug-likeness (QED) is 0.0355. The summed E-state index contributed by atoms with van der Waals surface area (Å²) in [5.74, 6) is -1.43. The van der Waals surface area contributed by atoms with E-state index in [9.17, 15) is 62.7 Å². The van der Waals surface area contributed by atoms with E-state index in [-0.39, 0.29) is 60.2 Å². The molecule has 1 aliphatic rings. The summed E-state index contributed by atoms with van der Waals surface area (Å²) in [5.41, 5.74) is 4.23. The van der Waals surface area contributed by atoms with Gasteiger partial charge in [0.05, 0.1) is 31.7 Å².